The van der Waals surface area contributed by atoms with Crippen LogP contribution in [-0.4, -0.2) is 26.7 Å². The van der Waals surface area contributed by atoms with E-state index in [0.29, 0.717) is 16.2 Å². The van der Waals surface area contributed by atoms with E-state index >= 15 is 0 Å². The number of ketones is 1. The number of aromatic nitrogens is 1. The minimum Gasteiger partial charge on any atom is -0.503 e. The van der Waals surface area contributed by atoms with Gasteiger partial charge in [0, 0.05) is 24.3 Å². The van der Waals surface area contributed by atoms with Crippen LogP contribution in [0.15, 0.2) is 88.8 Å². The average Bonchev–Trinajstić information content (AvgIpc) is 3.36. The lowest BCUT2D eigenvalue weighted by molar-refractivity contribution is -0.130. The molecule has 0 fully saturated rings. The van der Waals surface area contributed by atoms with Gasteiger partial charge in [0.25, 0.3) is 5.91 Å². The Labute approximate surface area is 198 Å². The molecule has 0 radical (unpaired) electrons. The third-order valence-corrected chi connectivity index (χ3v) is 6.30. The molecule has 6 nitrogen and oxygen atoms in total. The van der Waals surface area contributed by atoms with Gasteiger partial charge in [0.1, 0.15) is 5.58 Å². The molecule has 1 N–H and O–H groups in total. The molecule has 5 rings (SSSR count). The number of aliphatic hydroxyl groups excluding tert-OH is 1. The van der Waals surface area contributed by atoms with E-state index < -0.39 is 23.5 Å². The number of carbonyl (C=O) groups is 2. The van der Waals surface area contributed by atoms with Crippen LogP contribution in [0, 0.1) is 0 Å². The van der Waals surface area contributed by atoms with Crippen LogP contribution in [-0.2, 0) is 11.3 Å². The molecule has 1 amide bonds. The summed E-state index contributed by atoms with van der Waals surface area (Å²) in [4.78, 5) is 32.1. The maximum Gasteiger partial charge on any atom is 0.290 e. The first-order valence-electron chi connectivity index (χ1n) is 10.1. The Morgan fingerprint density at radius 3 is 2.52 bits per heavy atom. The van der Waals surface area contributed by atoms with Crippen LogP contribution in [0.1, 0.15) is 27.7 Å². The molecule has 33 heavy (non-hydrogen) atoms. The first-order chi connectivity index (χ1) is 15.9. The van der Waals surface area contributed by atoms with Crippen LogP contribution < -0.4 is 0 Å². The highest BCUT2D eigenvalue weighted by Gasteiger charge is 2.44. The van der Waals surface area contributed by atoms with E-state index in [2.05, 4.69) is 4.98 Å². The van der Waals surface area contributed by atoms with Crippen LogP contribution in [0.5, 0.6) is 0 Å². The Balaban J connectivity index is 1.62. The number of furan rings is 1. The molecule has 0 bridgehead atoms. The van der Waals surface area contributed by atoms with Gasteiger partial charge >= 0.3 is 0 Å². The summed E-state index contributed by atoms with van der Waals surface area (Å²) in [5.41, 5.74) is 1.78. The summed E-state index contributed by atoms with van der Waals surface area (Å²) in [5, 5.41) is 12.2. The molecule has 0 spiro atoms. The van der Waals surface area contributed by atoms with Gasteiger partial charge in [-0.1, -0.05) is 47.5 Å². The molecule has 2 aromatic carbocycles. The number of para-hydroxylation sites is 1. The van der Waals surface area contributed by atoms with Crippen molar-refractivity contribution in [3.05, 3.63) is 111 Å². The predicted octanol–water partition coefficient (Wildman–Crippen LogP) is 5.91. The highest BCUT2D eigenvalue weighted by Crippen LogP contribution is 2.41. The molecule has 1 atom stereocenters. The van der Waals surface area contributed by atoms with E-state index in [4.69, 9.17) is 27.6 Å². The summed E-state index contributed by atoms with van der Waals surface area (Å²) >= 11 is 12.3. The van der Waals surface area contributed by atoms with Crippen molar-refractivity contribution in [3.63, 3.8) is 0 Å². The van der Waals surface area contributed by atoms with Gasteiger partial charge in [-0.2, -0.15) is 0 Å². The Morgan fingerprint density at radius 2 is 1.79 bits per heavy atom. The summed E-state index contributed by atoms with van der Waals surface area (Å²) in [6, 6.07) is 16.3. The number of carbonyl (C=O) groups excluding carboxylic acids is 2. The Hall–Kier alpha value is -3.61. The Kier molecular flexibility index (Phi) is 5.40. The van der Waals surface area contributed by atoms with Gasteiger partial charge in [-0.05, 0) is 47.5 Å². The monoisotopic (exact) mass is 478 g/mol. The predicted molar refractivity (Wildman–Crippen MR) is 124 cm³/mol. The molecule has 1 aliphatic heterocycles. The summed E-state index contributed by atoms with van der Waals surface area (Å²) in [6.45, 7) is 0.146. The molecule has 8 heteroatoms. The Morgan fingerprint density at radius 1 is 1.03 bits per heavy atom. The number of Topliss-reactive ketones (excluding diaryl/α,β-unsaturated/α-hetero) is 1. The van der Waals surface area contributed by atoms with Gasteiger partial charge in [0.05, 0.1) is 21.7 Å². The zero-order chi connectivity index (χ0) is 23.1. The molecule has 2 aromatic heterocycles. The van der Waals surface area contributed by atoms with Crippen LogP contribution in [0.4, 0.5) is 0 Å². The van der Waals surface area contributed by atoms with Crippen LogP contribution in [0.2, 0.25) is 10.0 Å². The van der Waals surface area contributed by atoms with E-state index in [9.17, 15) is 14.7 Å². The molecule has 4 aromatic rings. The molecule has 0 saturated heterocycles. The first-order valence-corrected chi connectivity index (χ1v) is 10.8. The van der Waals surface area contributed by atoms with Gasteiger partial charge in [-0.25, -0.2) is 0 Å². The first kappa shape index (κ1) is 21.2. The van der Waals surface area contributed by atoms with E-state index in [1.165, 1.54) is 4.90 Å². The molecule has 1 unspecified atom stereocenters. The highest BCUT2D eigenvalue weighted by molar-refractivity contribution is 6.42. The van der Waals surface area contributed by atoms with Crippen molar-refractivity contribution in [1.29, 1.82) is 0 Å². The van der Waals surface area contributed by atoms with Gasteiger partial charge in [0.15, 0.2) is 11.5 Å². The van der Waals surface area contributed by atoms with E-state index in [0.717, 1.165) is 10.9 Å². The minimum absolute atomic E-state index is 0.0290. The normalized spacial score (nSPS) is 16.1. The van der Waals surface area contributed by atoms with Gasteiger partial charge in [-0.3, -0.25) is 14.6 Å². The number of benzene rings is 2. The van der Waals surface area contributed by atoms with Crippen molar-refractivity contribution < 1.29 is 19.1 Å². The maximum absolute atomic E-state index is 13.5. The summed E-state index contributed by atoms with van der Waals surface area (Å²) < 4.78 is 5.73. The van der Waals surface area contributed by atoms with Gasteiger partial charge < -0.3 is 14.4 Å². The fraction of sp³-hybridized carbons (Fsp3) is 0.0800. The van der Waals surface area contributed by atoms with Crippen molar-refractivity contribution >= 4 is 45.9 Å². The second kappa shape index (κ2) is 8.39. The van der Waals surface area contributed by atoms with Crippen LogP contribution in [0.25, 0.3) is 11.0 Å². The Bertz CT molecular complexity index is 1400. The smallest absolute Gasteiger partial charge is 0.290 e. The average molecular weight is 479 g/mol. The van der Waals surface area contributed by atoms with Gasteiger partial charge in [0.2, 0.25) is 5.78 Å². The zero-order valence-corrected chi connectivity index (χ0v) is 18.5. The fourth-order valence-electron chi connectivity index (χ4n) is 3.99. The maximum atomic E-state index is 13.5. The number of rotatable bonds is 5. The van der Waals surface area contributed by atoms with Crippen molar-refractivity contribution in [3.8, 4) is 0 Å². The standard InChI is InChI=1S/C25H16Cl2N2O4/c26-17-6-5-16(11-18(17)27)22-21(23(30)20-12-15-3-1-2-4-19(15)33-20)24(31)25(32)29(22)13-14-7-9-28-10-8-14/h1-12,22,31H,13H2. The van der Waals surface area contributed by atoms with Crippen molar-refractivity contribution in [2.24, 2.45) is 0 Å². The SMILES string of the molecule is O=C(C1=C(O)C(=O)N(Cc2ccncc2)C1c1ccc(Cl)c(Cl)c1)c1cc2ccccc2o1. The van der Waals surface area contributed by atoms with E-state index in [-0.39, 0.29) is 22.9 Å². The number of hydrogen-bond acceptors (Lipinski definition) is 5. The lowest BCUT2D eigenvalue weighted by Crippen LogP contribution is -2.30. The number of fused-ring (bicyclic) bond motifs is 1. The number of nitrogens with zero attached hydrogens (tertiary/aromatic N) is 2. The van der Waals surface area contributed by atoms with Gasteiger partial charge in [-0.15, -0.1) is 0 Å². The van der Waals surface area contributed by atoms with E-state index in [1.54, 1.807) is 60.9 Å². The van der Waals surface area contributed by atoms with E-state index in [1.807, 2.05) is 12.1 Å². The third kappa shape index (κ3) is 3.77. The lowest BCUT2D eigenvalue weighted by Gasteiger charge is -2.27. The molecule has 164 valence electrons. The molecular weight excluding hydrogens is 463 g/mol. The molecule has 0 aliphatic carbocycles. The molecular formula is C25H16Cl2N2O4. The van der Waals surface area contributed by atoms with Crippen molar-refractivity contribution in [1.82, 2.24) is 9.88 Å². The number of aliphatic hydroxyl groups is 1. The highest BCUT2D eigenvalue weighted by atomic mass is 35.5. The van der Waals surface area contributed by atoms with Crippen molar-refractivity contribution in [2.45, 2.75) is 12.6 Å². The third-order valence-electron chi connectivity index (χ3n) is 5.56. The number of halogens is 2. The number of pyridine rings is 1. The minimum atomic E-state index is -0.888. The second-order valence-corrected chi connectivity index (χ2v) is 8.42. The van der Waals surface area contributed by atoms with Crippen molar-refractivity contribution in [2.75, 3.05) is 0 Å². The quantitative estimate of drug-likeness (QED) is 0.360. The van der Waals surface area contributed by atoms with Crippen LogP contribution >= 0.6 is 23.2 Å². The second-order valence-electron chi connectivity index (χ2n) is 7.60. The number of amides is 1. The zero-order valence-electron chi connectivity index (χ0n) is 17.0. The number of hydrogen-bond donors (Lipinski definition) is 1. The molecule has 3 heterocycles. The fourth-order valence-corrected chi connectivity index (χ4v) is 4.30. The largest absolute Gasteiger partial charge is 0.503 e. The van der Waals surface area contributed by atoms with Crippen LogP contribution in [0.3, 0.4) is 0 Å². The summed E-state index contributed by atoms with van der Waals surface area (Å²) in [5.74, 6) is -1.83. The molecule has 1 aliphatic rings. The summed E-state index contributed by atoms with van der Waals surface area (Å²) in [7, 11) is 0. The summed E-state index contributed by atoms with van der Waals surface area (Å²) in [6.07, 6.45) is 3.22. The lowest BCUT2D eigenvalue weighted by atomic mass is 9.95. The topological polar surface area (TPSA) is 83.6 Å². The molecule has 0 saturated carbocycles.